The highest BCUT2D eigenvalue weighted by molar-refractivity contribution is 5.89. The molecule has 0 fully saturated rings. The van der Waals surface area contributed by atoms with Crippen molar-refractivity contribution in [3.05, 3.63) is 83.9 Å². The number of aliphatic imine (C=N–C) groups is 1. The molecule has 1 N–H and O–H groups in total. The zero-order valence-electron chi connectivity index (χ0n) is 12.4. The Kier molecular flexibility index (Phi) is 4.01. The molecule has 0 unspecified atom stereocenters. The van der Waals surface area contributed by atoms with Gasteiger partial charge in [0.25, 0.3) is 0 Å². The third-order valence-corrected chi connectivity index (χ3v) is 3.54. The highest BCUT2D eigenvalue weighted by Crippen LogP contribution is 2.31. The molecule has 0 saturated carbocycles. The molecule has 22 heavy (non-hydrogen) atoms. The van der Waals surface area contributed by atoms with E-state index in [2.05, 4.69) is 4.99 Å². The van der Waals surface area contributed by atoms with Gasteiger partial charge in [0.15, 0.2) is 0 Å². The molecule has 2 heteroatoms. The molecule has 3 aromatic rings. The minimum atomic E-state index is 0.254. The second-order valence-electron chi connectivity index (χ2n) is 5.20. The van der Waals surface area contributed by atoms with Crippen LogP contribution in [0.25, 0.3) is 11.1 Å². The van der Waals surface area contributed by atoms with Crippen molar-refractivity contribution in [3.8, 4) is 16.9 Å². The largest absolute Gasteiger partial charge is 0.507 e. The van der Waals surface area contributed by atoms with Gasteiger partial charge in [0.2, 0.25) is 0 Å². The summed E-state index contributed by atoms with van der Waals surface area (Å²) >= 11 is 0. The molecule has 0 heterocycles. The molecule has 0 aliphatic rings. The van der Waals surface area contributed by atoms with E-state index in [4.69, 9.17) is 0 Å². The van der Waals surface area contributed by atoms with Crippen molar-refractivity contribution >= 4 is 11.9 Å². The second kappa shape index (κ2) is 6.27. The number of rotatable bonds is 3. The lowest BCUT2D eigenvalue weighted by Gasteiger charge is -2.07. The maximum atomic E-state index is 10.5. The first-order valence-corrected chi connectivity index (χ1v) is 7.22. The van der Waals surface area contributed by atoms with Crippen LogP contribution in [0.3, 0.4) is 0 Å². The Morgan fingerprint density at radius 3 is 2.27 bits per heavy atom. The number of para-hydroxylation sites is 1. The molecular formula is C20H17NO. The van der Waals surface area contributed by atoms with Crippen LogP contribution in [0, 0.1) is 6.92 Å². The first kappa shape index (κ1) is 14.1. The number of aromatic hydroxyl groups is 1. The average molecular weight is 287 g/mol. The molecule has 3 rings (SSSR count). The Morgan fingerprint density at radius 1 is 0.818 bits per heavy atom. The van der Waals surface area contributed by atoms with E-state index in [1.165, 1.54) is 5.56 Å². The summed E-state index contributed by atoms with van der Waals surface area (Å²) in [5.74, 6) is 0.254. The number of benzene rings is 3. The van der Waals surface area contributed by atoms with Gasteiger partial charge in [-0.15, -0.1) is 0 Å². The summed E-state index contributed by atoms with van der Waals surface area (Å²) in [6, 6.07) is 23.5. The number of nitrogens with zero attached hydrogens (tertiary/aromatic N) is 1. The minimum Gasteiger partial charge on any atom is -0.507 e. The molecule has 2 nitrogen and oxygen atoms in total. The van der Waals surface area contributed by atoms with E-state index >= 15 is 0 Å². The van der Waals surface area contributed by atoms with Crippen molar-refractivity contribution in [3.63, 3.8) is 0 Å². The quantitative estimate of drug-likeness (QED) is 0.666. The number of phenols is 1. The van der Waals surface area contributed by atoms with E-state index in [1.807, 2.05) is 79.7 Å². The fourth-order valence-corrected chi connectivity index (χ4v) is 2.29. The highest BCUT2D eigenvalue weighted by Gasteiger charge is 2.07. The van der Waals surface area contributed by atoms with Gasteiger partial charge in [0, 0.05) is 17.3 Å². The van der Waals surface area contributed by atoms with Crippen LogP contribution >= 0.6 is 0 Å². The maximum absolute atomic E-state index is 10.5. The number of phenolic OH excluding ortho intramolecular Hbond substituents is 1. The summed E-state index contributed by atoms with van der Waals surface area (Å²) in [7, 11) is 0. The Labute approximate surface area is 130 Å². The van der Waals surface area contributed by atoms with E-state index in [-0.39, 0.29) is 5.75 Å². The molecule has 108 valence electrons. The van der Waals surface area contributed by atoms with Gasteiger partial charge in [0.1, 0.15) is 5.75 Å². The van der Waals surface area contributed by atoms with Crippen LogP contribution in [0.1, 0.15) is 11.1 Å². The highest BCUT2D eigenvalue weighted by atomic mass is 16.3. The number of aryl methyl sites for hydroxylation is 1. The van der Waals surface area contributed by atoms with Crippen molar-refractivity contribution in [2.75, 3.05) is 0 Å². The van der Waals surface area contributed by atoms with E-state index in [9.17, 15) is 5.11 Å². The summed E-state index contributed by atoms with van der Waals surface area (Å²) in [5, 5.41) is 10.5. The van der Waals surface area contributed by atoms with Gasteiger partial charge in [0.05, 0.1) is 5.69 Å². The minimum absolute atomic E-state index is 0.254. The molecule has 0 aromatic heterocycles. The Hall–Kier alpha value is -2.87. The van der Waals surface area contributed by atoms with Crippen molar-refractivity contribution in [2.45, 2.75) is 6.92 Å². The van der Waals surface area contributed by atoms with Gasteiger partial charge < -0.3 is 5.11 Å². The lowest BCUT2D eigenvalue weighted by molar-refractivity contribution is 0.476. The normalized spacial score (nSPS) is 11.0. The van der Waals surface area contributed by atoms with Crippen LogP contribution in [-0.4, -0.2) is 11.3 Å². The number of hydrogen-bond donors (Lipinski definition) is 1. The van der Waals surface area contributed by atoms with Crippen molar-refractivity contribution in [2.24, 2.45) is 4.99 Å². The van der Waals surface area contributed by atoms with E-state index in [0.717, 1.165) is 16.8 Å². The van der Waals surface area contributed by atoms with Gasteiger partial charge >= 0.3 is 0 Å². The molecule has 0 aliphatic carbocycles. The topological polar surface area (TPSA) is 32.6 Å². The zero-order chi connectivity index (χ0) is 15.4. The Balaban J connectivity index is 1.93. The monoisotopic (exact) mass is 287 g/mol. The summed E-state index contributed by atoms with van der Waals surface area (Å²) in [5.41, 5.74) is 4.59. The fraction of sp³-hybridized carbons (Fsp3) is 0.0500. The standard InChI is InChI=1S/C20H17NO/c1-15-10-12-18(13-11-15)21-14-17-8-5-9-19(20(17)22)16-6-3-2-4-7-16/h2-14,22H,1H3. The van der Waals surface area contributed by atoms with Crippen LogP contribution in [-0.2, 0) is 0 Å². The van der Waals surface area contributed by atoms with E-state index in [1.54, 1.807) is 6.21 Å². The van der Waals surface area contributed by atoms with Crippen molar-refractivity contribution in [1.29, 1.82) is 0 Å². The second-order valence-corrected chi connectivity index (χ2v) is 5.20. The Bertz CT molecular complexity index is 790. The summed E-state index contributed by atoms with van der Waals surface area (Å²) < 4.78 is 0. The predicted molar refractivity (Wildman–Crippen MR) is 92.0 cm³/mol. The van der Waals surface area contributed by atoms with E-state index in [0.29, 0.717) is 5.56 Å². The van der Waals surface area contributed by atoms with Crippen molar-refractivity contribution < 1.29 is 5.11 Å². The molecule has 0 aliphatic heterocycles. The smallest absolute Gasteiger partial charge is 0.132 e. The van der Waals surface area contributed by atoms with Crippen LogP contribution in [0.5, 0.6) is 5.75 Å². The molecule has 0 spiro atoms. The molecule has 0 bridgehead atoms. The molecule has 0 atom stereocenters. The van der Waals surface area contributed by atoms with E-state index < -0.39 is 0 Å². The van der Waals surface area contributed by atoms with Gasteiger partial charge in [-0.2, -0.15) is 0 Å². The van der Waals surface area contributed by atoms with Gasteiger partial charge in [-0.1, -0.05) is 60.2 Å². The summed E-state index contributed by atoms with van der Waals surface area (Å²) in [4.78, 5) is 4.43. The Morgan fingerprint density at radius 2 is 1.55 bits per heavy atom. The SMILES string of the molecule is Cc1ccc(N=Cc2cccc(-c3ccccc3)c2O)cc1. The van der Waals surface area contributed by atoms with Crippen LogP contribution in [0.2, 0.25) is 0 Å². The lowest BCUT2D eigenvalue weighted by Crippen LogP contribution is -1.86. The molecule has 0 radical (unpaired) electrons. The van der Waals surface area contributed by atoms with Gasteiger partial charge in [-0.3, -0.25) is 4.99 Å². The molecular weight excluding hydrogens is 270 g/mol. The molecule has 0 saturated heterocycles. The third kappa shape index (κ3) is 3.07. The maximum Gasteiger partial charge on any atom is 0.132 e. The third-order valence-electron chi connectivity index (χ3n) is 3.54. The van der Waals surface area contributed by atoms with Crippen molar-refractivity contribution in [1.82, 2.24) is 0 Å². The predicted octanol–water partition coefficient (Wildman–Crippen LogP) is 5.12. The van der Waals surface area contributed by atoms with Crippen LogP contribution in [0.15, 0.2) is 77.8 Å². The zero-order valence-corrected chi connectivity index (χ0v) is 12.4. The van der Waals surface area contributed by atoms with Crippen LogP contribution in [0.4, 0.5) is 5.69 Å². The summed E-state index contributed by atoms with van der Waals surface area (Å²) in [6.07, 6.45) is 1.70. The summed E-state index contributed by atoms with van der Waals surface area (Å²) in [6.45, 7) is 2.04. The molecule has 0 amide bonds. The first-order valence-electron chi connectivity index (χ1n) is 7.22. The van der Waals surface area contributed by atoms with Crippen LogP contribution < -0.4 is 0 Å². The first-order chi connectivity index (χ1) is 10.7. The fourth-order valence-electron chi connectivity index (χ4n) is 2.29. The molecule has 3 aromatic carbocycles. The number of hydrogen-bond acceptors (Lipinski definition) is 2. The van der Waals surface area contributed by atoms with Gasteiger partial charge in [-0.25, -0.2) is 0 Å². The lowest BCUT2D eigenvalue weighted by atomic mass is 10.0. The average Bonchev–Trinajstić information content (AvgIpc) is 2.56. The van der Waals surface area contributed by atoms with Gasteiger partial charge in [-0.05, 0) is 30.7 Å².